The van der Waals surface area contributed by atoms with Crippen LogP contribution in [0.25, 0.3) is 0 Å². The maximum atomic E-state index is 6.51. The molecule has 1 heterocycles. The van der Waals surface area contributed by atoms with Gasteiger partial charge in [0.25, 0.3) is 6.48 Å². The predicted molar refractivity (Wildman–Crippen MR) is 65.6 cm³/mol. The van der Waals surface area contributed by atoms with E-state index in [9.17, 15) is 0 Å². The molecule has 1 spiro atoms. The zero-order valence-corrected chi connectivity index (χ0v) is 11.0. The summed E-state index contributed by atoms with van der Waals surface area (Å²) in [6.07, 6.45) is 6.65. The molecular formula is C14H23NO3. The van der Waals surface area contributed by atoms with Crippen LogP contribution >= 0.6 is 0 Å². The molecule has 0 aromatic carbocycles. The third-order valence-corrected chi connectivity index (χ3v) is 5.91. The van der Waals surface area contributed by atoms with Gasteiger partial charge >= 0.3 is 0 Å². The summed E-state index contributed by atoms with van der Waals surface area (Å²) in [5, 5.41) is 0. The Hall–Kier alpha value is -0.160. The lowest BCUT2D eigenvalue weighted by Gasteiger charge is -2.40. The topological polar surface area (TPSA) is 53.7 Å². The maximum Gasteiger partial charge on any atom is 0.272 e. The lowest BCUT2D eigenvalue weighted by atomic mass is 9.69. The van der Waals surface area contributed by atoms with Gasteiger partial charge in [0.1, 0.15) is 0 Å². The van der Waals surface area contributed by atoms with Crippen LogP contribution in [0.15, 0.2) is 0 Å². The molecule has 7 atom stereocenters. The summed E-state index contributed by atoms with van der Waals surface area (Å²) in [6, 6.07) is 0.375. The van der Waals surface area contributed by atoms with Crippen LogP contribution < -0.4 is 5.73 Å². The fraction of sp³-hybridized carbons (Fsp3) is 1.00. The van der Waals surface area contributed by atoms with E-state index in [0.717, 1.165) is 24.7 Å². The van der Waals surface area contributed by atoms with Gasteiger partial charge < -0.3 is 19.9 Å². The molecule has 4 nitrogen and oxygen atoms in total. The molecule has 0 radical (unpaired) electrons. The maximum absolute atomic E-state index is 6.51. The Balaban J connectivity index is 1.50. The number of ether oxygens (including phenoxy) is 3. The molecule has 0 aromatic rings. The van der Waals surface area contributed by atoms with Crippen molar-refractivity contribution in [3.8, 4) is 0 Å². The number of fused-ring (bicyclic) bond motifs is 4. The van der Waals surface area contributed by atoms with Crippen LogP contribution in [-0.4, -0.2) is 31.3 Å². The molecule has 102 valence electrons. The molecule has 3 aliphatic carbocycles. The molecule has 1 unspecified atom stereocenters. The second-order valence-corrected chi connectivity index (χ2v) is 6.53. The van der Waals surface area contributed by atoms with Gasteiger partial charge in [-0.1, -0.05) is 0 Å². The van der Waals surface area contributed by atoms with E-state index in [1.165, 1.54) is 19.3 Å². The van der Waals surface area contributed by atoms with Gasteiger partial charge in [0.15, 0.2) is 0 Å². The highest BCUT2D eigenvalue weighted by Crippen LogP contribution is 2.63. The first kappa shape index (κ1) is 11.6. The van der Waals surface area contributed by atoms with Crippen molar-refractivity contribution < 1.29 is 14.2 Å². The van der Waals surface area contributed by atoms with Gasteiger partial charge in [-0.2, -0.15) is 0 Å². The van der Waals surface area contributed by atoms with Crippen molar-refractivity contribution in [1.82, 2.24) is 0 Å². The van der Waals surface area contributed by atoms with E-state index in [0.29, 0.717) is 18.1 Å². The van der Waals surface area contributed by atoms with Crippen molar-refractivity contribution >= 4 is 0 Å². The second-order valence-electron chi connectivity index (χ2n) is 6.53. The normalized spacial score (nSPS) is 57.7. The number of hydrogen-bond acceptors (Lipinski definition) is 4. The molecule has 4 aliphatic rings. The monoisotopic (exact) mass is 253 g/mol. The van der Waals surface area contributed by atoms with E-state index in [1.54, 1.807) is 0 Å². The van der Waals surface area contributed by atoms with Crippen molar-refractivity contribution in [1.29, 1.82) is 0 Å². The van der Waals surface area contributed by atoms with Gasteiger partial charge in [0, 0.05) is 12.6 Å². The van der Waals surface area contributed by atoms with Crippen molar-refractivity contribution in [2.75, 3.05) is 6.61 Å². The molecule has 2 bridgehead atoms. The van der Waals surface area contributed by atoms with E-state index >= 15 is 0 Å². The van der Waals surface area contributed by atoms with Crippen molar-refractivity contribution in [3.05, 3.63) is 0 Å². The summed E-state index contributed by atoms with van der Waals surface area (Å²) in [5.41, 5.74) is 6.83. The largest absolute Gasteiger partial charge is 0.330 e. The highest BCUT2D eigenvalue weighted by atomic mass is 16.9. The van der Waals surface area contributed by atoms with Gasteiger partial charge in [-0.05, 0) is 56.3 Å². The average Bonchev–Trinajstić information content (AvgIpc) is 3.02. The third kappa shape index (κ3) is 1.40. The summed E-state index contributed by atoms with van der Waals surface area (Å²) in [7, 11) is 0. The summed E-state index contributed by atoms with van der Waals surface area (Å²) >= 11 is 0. The number of hydrogen-bond donors (Lipinski definition) is 1. The highest BCUT2D eigenvalue weighted by Gasteiger charge is 2.63. The van der Waals surface area contributed by atoms with Crippen LogP contribution in [0, 0.1) is 17.3 Å². The predicted octanol–water partition coefficient (Wildman–Crippen LogP) is 1.63. The Kier molecular flexibility index (Phi) is 2.54. The molecule has 0 aromatic heterocycles. The quantitative estimate of drug-likeness (QED) is 0.812. The van der Waals surface area contributed by atoms with E-state index in [4.69, 9.17) is 19.9 Å². The Morgan fingerprint density at radius 1 is 1.22 bits per heavy atom. The minimum absolute atomic E-state index is 0.215. The zero-order chi connectivity index (χ0) is 12.3. The summed E-state index contributed by atoms with van der Waals surface area (Å²) < 4.78 is 17.1. The van der Waals surface area contributed by atoms with Crippen LogP contribution in [0.5, 0.6) is 0 Å². The first-order chi connectivity index (χ1) is 8.73. The fourth-order valence-corrected chi connectivity index (χ4v) is 5.11. The molecule has 4 fully saturated rings. The lowest BCUT2D eigenvalue weighted by Crippen LogP contribution is -2.45. The van der Waals surface area contributed by atoms with Crippen LogP contribution in [0.2, 0.25) is 0 Å². The molecule has 4 rings (SSSR count). The average molecular weight is 253 g/mol. The lowest BCUT2D eigenvalue weighted by molar-refractivity contribution is -0.247. The fourth-order valence-electron chi connectivity index (χ4n) is 5.11. The van der Waals surface area contributed by atoms with Crippen LogP contribution in [0.3, 0.4) is 0 Å². The van der Waals surface area contributed by atoms with Crippen LogP contribution in [-0.2, 0) is 14.2 Å². The molecule has 18 heavy (non-hydrogen) atoms. The number of nitrogens with two attached hydrogens (primary N) is 1. The first-order valence-corrected chi connectivity index (χ1v) is 7.41. The number of rotatable bonds is 2. The van der Waals surface area contributed by atoms with E-state index in [2.05, 4.69) is 0 Å². The Morgan fingerprint density at radius 2 is 1.94 bits per heavy atom. The summed E-state index contributed by atoms with van der Waals surface area (Å²) in [5.74, 6) is 1.58. The standard InChI is InChI=1S/C14H23NO3/c1-2-16-13-17-10-6-14(7-11(10)18-13)9-4-3-8(5-9)12(14)15/h8-13H,2-7,15H2,1H3/t8-,9+,10-,11?,12-,13-,14+/m1/s1. The smallest absolute Gasteiger partial charge is 0.272 e. The summed E-state index contributed by atoms with van der Waals surface area (Å²) in [6.45, 7) is 2.17. The van der Waals surface area contributed by atoms with Gasteiger partial charge in [-0.3, -0.25) is 0 Å². The summed E-state index contributed by atoms with van der Waals surface area (Å²) in [4.78, 5) is 0. The Labute approximate surface area is 108 Å². The van der Waals surface area contributed by atoms with E-state index in [-0.39, 0.29) is 12.2 Å². The molecule has 0 amide bonds. The van der Waals surface area contributed by atoms with Gasteiger partial charge in [-0.25, -0.2) is 0 Å². The van der Waals surface area contributed by atoms with Crippen LogP contribution in [0.4, 0.5) is 0 Å². The van der Waals surface area contributed by atoms with Crippen molar-refractivity contribution in [3.63, 3.8) is 0 Å². The first-order valence-electron chi connectivity index (χ1n) is 7.41. The molecule has 4 heteroatoms. The third-order valence-electron chi connectivity index (χ3n) is 5.91. The highest BCUT2D eigenvalue weighted by molar-refractivity contribution is 5.14. The van der Waals surface area contributed by atoms with Gasteiger partial charge in [0.05, 0.1) is 12.2 Å². The van der Waals surface area contributed by atoms with Gasteiger partial charge in [0.2, 0.25) is 0 Å². The second kappa shape index (κ2) is 3.92. The van der Waals surface area contributed by atoms with Crippen molar-refractivity contribution in [2.24, 2.45) is 23.0 Å². The molecule has 1 aliphatic heterocycles. The van der Waals surface area contributed by atoms with E-state index in [1.807, 2.05) is 6.92 Å². The molecule has 3 saturated carbocycles. The molecule has 2 N–H and O–H groups in total. The Morgan fingerprint density at radius 3 is 2.50 bits per heavy atom. The van der Waals surface area contributed by atoms with Gasteiger partial charge in [-0.15, -0.1) is 0 Å². The van der Waals surface area contributed by atoms with Crippen LogP contribution in [0.1, 0.15) is 39.0 Å². The minimum Gasteiger partial charge on any atom is -0.330 e. The molecular weight excluding hydrogens is 230 g/mol. The SMILES string of the molecule is CCO[C@H]1OC2C[C@@]3(C[C@H]2O1)[C@H]1CC[C@H](C1)[C@H]3N. The van der Waals surface area contributed by atoms with E-state index < -0.39 is 6.48 Å². The molecule has 1 saturated heterocycles. The minimum atomic E-state index is -0.433. The van der Waals surface area contributed by atoms with Crippen molar-refractivity contribution in [2.45, 2.75) is 63.8 Å². The zero-order valence-electron chi connectivity index (χ0n) is 11.0. The Bertz CT molecular complexity index is 330.